The van der Waals surface area contributed by atoms with Gasteiger partial charge in [-0.2, -0.15) is 0 Å². The third-order valence-electron chi connectivity index (χ3n) is 4.83. The van der Waals surface area contributed by atoms with Crippen LogP contribution in [0.4, 0.5) is 5.69 Å². The molecule has 2 amide bonds. The van der Waals surface area contributed by atoms with E-state index in [9.17, 15) is 9.59 Å². The van der Waals surface area contributed by atoms with E-state index in [1.807, 2.05) is 54.3 Å². The van der Waals surface area contributed by atoms with Crippen LogP contribution >= 0.6 is 0 Å². The molecule has 4 nitrogen and oxygen atoms in total. The number of amides is 2. The van der Waals surface area contributed by atoms with Crippen LogP contribution in [0, 0.1) is 13.8 Å². The molecule has 1 aliphatic rings. The highest BCUT2D eigenvalue weighted by atomic mass is 16.2. The van der Waals surface area contributed by atoms with Crippen molar-refractivity contribution in [3.05, 3.63) is 70.8 Å². The van der Waals surface area contributed by atoms with Gasteiger partial charge in [0.05, 0.1) is 0 Å². The van der Waals surface area contributed by atoms with E-state index in [-0.39, 0.29) is 11.8 Å². The number of hydrogen-bond acceptors (Lipinski definition) is 2. The SMILES string of the molecule is Cc1ccc(/C=C/C(=O)Nc2cccc(CN3CCCCC3=O)c2)c(C)c1. The molecule has 1 fully saturated rings. The van der Waals surface area contributed by atoms with E-state index in [1.54, 1.807) is 6.08 Å². The number of carbonyl (C=O) groups is 2. The van der Waals surface area contributed by atoms with Gasteiger partial charge < -0.3 is 10.2 Å². The standard InChI is InChI=1S/C23H26N2O2/c1-17-9-10-20(18(2)14-17)11-12-22(26)24-21-7-5-6-19(15-21)16-25-13-4-3-8-23(25)27/h5-7,9-12,14-15H,3-4,8,13,16H2,1-2H3,(H,24,26)/b12-11+. The van der Waals surface area contributed by atoms with E-state index < -0.39 is 0 Å². The molecule has 3 rings (SSSR count). The minimum absolute atomic E-state index is 0.166. The molecule has 0 spiro atoms. The van der Waals surface area contributed by atoms with Crippen LogP contribution in [0.25, 0.3) is 6.08 Å². The van der Waals surface area contributed by atoms with Crippen LogP contribution in [-0.2, 0) is 16.1 Å². The first-order chi connectivity index (χ1) is 13.0. The number of nitrogens with zero attached hydrogens (tertiary/aromatic N) is 1. The fourth-order valence-electron chi connectivity index (χ4n) is 3.36. The summed E-state index contributed by atoms with van der Waals surface area (Å²) in [6.45, 7) is 5.50. The van der Waals surface area contributed by atoms with E-state index in [4.69, 9.17) is 0 Å². The lowest BCUT2D eigenvalue weighted by atomic mass is 10.1. The summed E-state index contributed by atoms with van der Waals surface area (Å²) in [5.74, 6) is 0.0493. The van der Waals surface area contributed by atoms with Crippen molar-refractivity contribution in [2.24, 2.45) is 0 Å². The van der Waals surface area contributed by atoms with Crippen molar-refractivity contribution in [3.63, 3.8) is 0 Å². The predicted molar refractivity (Wildman–Crippen MR) is 109 cm³/mol. The van der Waals surface area contributed by atoms with Crippen LogP contribution in [-0.4, -0.2) is 23.3 Å². The summed E-state index contributed by atoms with van der Waals surface area (Å²) in [6.07, 6.45) is 6.07. The zero-order chi connectivity index (χ0) is 19.2. The van der Waals surface area contributed by atoms with Crippen molar-refractivity contribution >= 4 is 23.6 Å². The third kappa shape index (κ3) is 5.30. The van der Waals surface area contributed by atoms with Gasteiger partial charge in [0, 0.05) is 31.3 Å². The molecule has 0 unspecified atom stereocenters. The average Bonchev–Trinajstić information content (AvgIpc) is 2.63. The van der Waals surface area contributed by atoms with Crippen molar-refractivity contribution in [2.75, 3.05) is 11.9 Å². The summed E-state index contributed by atoms with van der Waals surface area (Å²) in [4.78, 5) is 26.1. The highest BCUT2D eigenvalue weighted by Crippen LogP contribution is 2.17. The molecule has 0 bridgehead atoms. The Hall–Kier alpha value is -2.88. The molecule has 0 aliphatic carbocycles. The molecular weight excluding hydrogens is 336 g/mol. The molecule has 1 N–H and O–H groups in total. The lowest BCUT2D eigenvalue weighted by Crippen LogP contribution is -2.34. The van der Waals surface area contributed by atoms with Gasteiger partial charge in [-0.1, -0.05) is 35.9 Å². The second kappa shape index (κ2) is 8.67. The molecule has 0 saturated carbocycles. The molecule has 2 aromatic carbocycles. The largest absolute Gasteiger partial charge is 0.338 e. The van der Waals surface area contributed by atoms with E-state index in [2.05, 4.69) is 18.3 Å². The lowest BCUT2D eigenvalue weighted by Gasteiger charge is -2.26. The van der Waals surface area contributed by atoms with Crippen molar-refractivity contribution in [3.8, 4) is 0 Å². The summed E-state index contributed by atoms with van der Waals surface area (Å²) >= 11 is 0. The number of anilines is 1. The quantitative estimate of drug-likeness (QED) is 0.798. The van der Waals surface area contributed by atoms with E-state index in [1.165, 1.54) is 5.56 Å². The van der Waals surface area contributed by atoms with E-state index >= 15 is 0 Å². The highest BCUT2D eigenvalue weighted by molar-refractivity contribution is 6.02. The number of likely N-dealkylation sites (tertiary alicyclic amines) is 1. The van der Waals surface area contributed by atoms with Crippen LogP contribution in [0.5, 0.6) is 0 Å². The fourth-order valence-corrected chi connectivity index (χ4v) is 3.36. The number of nitrogens with one attached hydrogen (secondary N) is 1. The fraction of sp³-hybridized carbons (Fsp3) is 0.304. The minimum atomic E-state index is -0.166. The number of piperidine rings is 1. The summed E-state index contributed by atoms with van der Waals surface area (Å²) in [5.41, 5.74) is 5.16. The van der Waals surface area contributed by atoms with E-state index in [0.717, 1.165) is 41.8 Å². The number of aryl methyl sites for hydroxylation is 2. The first-order valence-corrected chi connectivity index (χ1v) is 9.44. The summed E-state index contributed by atoms with van der Waals surface area (Å²) in [6, 6.07) is 13.9. The zero-order valence-corrected chi connectivity index (χ0v) is 16.0. The number of hydrogen-bond donors (Lipinski definition) is 1. The monoisotopic (exact) mass is 362 g/mol. The molecule has 0 radical (unpaired) electrons. The normalized spacial score (nSPS) is 14.6. The Balaban J connectivity index is 1.62. The van der Waals surface area contributed by atoms with Gasteiger partial charge in [0.1, 0.15) is 0 Å². The maximum absolute atomic E-state index is 12.3. The zero-order valence-electron chi connectivity index (χ0n) is 16.0. The van der Waals surface area contributed by atoms with Crippen LogP contribution in [0.3, 0.4) is 0 Å². The third-order valence-corrected chi connectivity index (χ3v) is 4.83. The Labute approximate surface area is 160 Å². The Bertz CT molecular complexity index is 870. The van der Waals surface area contributed by atoms with Gasteiger partial charge in [0.15, 0.2) is 0 Å². The lowest BCUT2D eigenvalue weighted by molar-refractivity contribution is -0.133. The van der Waals surface area contributed by atoms with Crippen LogP contribution in [0.15, 0.2) is 48.5 Å². The molecule has 1 heterocycles. The molecule has 4 heteroatoms. The maximum Gasteiger partial charge on any atom is 0.248 e. The Morgan fingerprint density at radius 2 is 2.00 bits per heavy atom. The molecule has 140 valence electrons. The topological polar surface area (TPSA) is 49.4 Å². The van der Waals surface area contributed by atoms with Crippen molar-refractivity contribution in [1.29, 1.82) is 0 Å². The van der Waals surface area contributed by atoms with Crippen LogP contribution < -0.4 is 5.32 Å². The van der Waals surface area contributed by atoms with Gasteiger partial charge in [0.25, 0.3) is 0 Å². The highest BCUT2D eigenvalue weighted by Gasteiger charge is 2.17. The first-order valence-electron chi connectivity index (χ1n) is 9.44. The van der Waals surface area contributed by atoms with Gasteiger partial charge in [0.2, 0.25) is 11.8 Å². The van der Waals surface area contributed by atoms with Gasteiger partial charge in [-0.05, 0) is 61.6 Å². The van der Waals surface area contributed by atoms with Gasteiger partial charge in [-0.25, -0.2) is 0 Å². The minimum Gasteiger partial charge on any atom is -0.338 e. The molecule has 0 atom stereocenters. The average molecular weight is 362 g/mol. The Kier molecular flexibility index (Phi) is 6.07. The van der Waals surface area contributed by atoms with Crippen LogP contribution in [0.1, 0.15) is 41.5 Å². The van der Waals surface area contributed by atoms with Crippen LogP contribution in [0.2, 0.25) is 0 Å². The molecule has 0 aromatic heterocycles. The molecule has 1 aliphatic heterocycles. The predicted octanol–water partition coefficient (Wildman–Crippen LogP) is 4.47. The number of carbonyl (C=O) groups excluding carboxylic acids is 2. The molecule has 2 aromatic rings. The molecule has 1 saturated heterocycles. The smallest absolute Gasteiger partial charge is 0.248 e. The van der Waals surface area contributed by atoms with Gasteiger partial charge >= 0.3 is 0 Å². The summed E-state index contributed by atoms with van der Waals surface area (Å²) in [5, 5.41) is 2.90. The van der Waals surface area contributed by atoms with Gasteiger partial charge in [-0.3, -0.25) is 9.59 Å². The molecular formula is C23H26N2O2. The second-order valence-electron chi connectivity index (χ2n) is 7.16. The van der Waals surface area contributed by atoms with Gasteiger partial charge in [-0.15, -0.1) is 0 Å². The summed E-state index contributed by atoms with van der Waals surface area (Å²) < 4.78 is 0. The van der Waals surface area contributed by atoms with E-state index in [0.29, 0.717) is 13.0 Å². The molecule has 27 heavy (non-hydrogen) atoms. The number of benzene rings is 2. The maximum atomic E-state index is 12.3. The summed E-state index contributed by atoms with van der Waals surface area (Å²) in [7, 11) is 0. The van der Waals surface area contributed by atoms with Crippen molar-refractivity contribution in [2.45, 2.75) is 39.7 Å². The van der Waals surface area contributed by atoms with Crippen molar-refractivity contribution in [1.82, 2.24) is 4.90 Å². The first kappa shape index (κ1) is 18.9. The Morgan fingerprint density at radius 3 is 2.78 bits per heavy atom. The Morgan fingerprint density at radius 1 is 1.15 bits per heavy atom. The number of rotatable bonds is 5. The van der Waals surface area contributed by atoms with Crippen molar-refractivity contribution < 1.29 is 9.59 Å². The second-order valence-corrected chi connectivity index (χ2v) is 7.16.